The van der Waals surface area contributed by atoms with E-state index in [4.69, 9.17) is 5.73 Å². The van der Waals surface area contributed by atoms with Crippen molar-refractivity contribution in [3.8, 4) is 11.4 Å². The third-order valence-corrected chi connectivity index (χ3v) is 4.94. The fourth-order valence-corrected chi connectivity index (χ4v) is 3.66. The monoisotopic (exact) mass is 339 g/mol. The lowest BCUT2D eigenvalue weighted by atomic mass is 9.95. The Kier molecular flexibility index (Phi) is 4.36. The Morgan fingerprint density at radius 2 is 2.08 bits per heavy atom. The molecule has 1 atom stereocenters. The number of nitrogens with zero attached hydrogens (tertiary/aromatic N) is 3. The fraction of sp³-hybridized carbons (Fsp3) is 0.368. The van der Waals surface area contributed by atoms with Crippen LogP contribution in [-0.2, 0) is 0 Å². The smallest absolute Gasteiger partial charge is 0.151 e. The zero-order valence-corrected chi connectivity index (χ0v) is 14.1. The molecule has 1 aromatic carbocycles. The lowest BCUT2D eigenvalue weighted by Crippen LogP contribution is -2.36. The number of rotatable bonds is 4. The maximum absolute atomic E-state index is 14.5. The first kappa shape index (κ1) is 16.0. The van der Waals surface area contributed by atoms with Crippen LogP contribution >= 0.6 is 0 Å². The van der Waals surface area contributed by atoms with Gasteiger partial charge in [-0.2, -0.15) is 5.10 Å². The number of H-pyrrole nitrogens is 1. The van der Waals surface area contributed by atoms with Crippen LogP contribution < -0.4 is 10.6 Å². The molecule has 1 aliphatic rings. The highest BCUT2D eigenvalue weighted by Crippen LogP contribution is 2.30. The average molecular weight is 339 g/mol. The van der Waals surface area contributed by atoms with E-state index in [1.54, 1.807) is 6.07 Å². The highest BCUT2D eigenvalue weighted by molar-refractivity contribution is 5.92. The van der Waals surface area contributed by atoms with Crippen LogP contribution in [0.15, 0.2) is 36.4 Å². The summed E-state index contributed by atoms with van der Waals surface area (Å²) in [5.74, 6) is 1.04. The molecule has 1 saturated heterocycles. The average Bonchev–Trinajstić information content (AvgIpc) is 3.07. The SMILES string of the molecule is NCCC1CCCN(c2ccc(F)c(-c3n[nH]c4ccccc34)n2)C1. The molecule has 0 radical (unpaired) electrons. The zero-order valence-electron chi connectivity index (χ0n) is 14.1. The molecular formula is C19H22FN5. The molecule has 1 aliphatic heterocycles. The molecule has 0 aliphatic carbocycles. The van der Waals surface area contributed by atoms with Gasteiger partial charge in [0.15, 0.2) is 5.82 Å². The van der Waals surface area contributed by atoms with E-state index in [2.05, 4.69) is 20.1 Å². The Balaban J connectivity index is 1.69. The fourth-order valence-electron chi connectivity index (χ4n) is 3.66. The van der Waals surface area contributed by atoms with E-state index < -0.39 is 0 Å². The summed E-state index contributed by atoms with van der Waals surface area (Å²) in [5.41, 5.74) is 7.45. The van der Waals surface area contributed by atoms with Crippen LogP contribution in [0.3, 0.4) is 0 Å². The quantitative estimate of drug-likeness (QED) is 0.765. The van der Waals surface area contributed by atoms with E-state index in [9.17, 15) is 4.39 Å². The van der Waals surface area contributed by atoms with Gasteiger partial charge in [0.05, 0.1) is 5.52 Å². The number of anilines is 1. The number of aromatic amines is 1. The number of benzene rings is 1. The number of pyridine rings is 1. The number of fused-ring (bicyclic) bond motifs is 1. The van der Waals surface area contributed by atoms with Crippen molar-refractivity contribution in [2.45, 2.75) is 19.3 Å². The van der Waals surface area contributed by atoms with Gasteiger partial charge in [-0.05, 0) is 49.9 Å². The third kappa shape index (κ3) is 3.09. The molecule has 4 rings (SSSR count). The van der Waals surface area contributed by atoms with Crippen LogP contribution in [0.1, 0.15) is 19.3 Å². The normalized spacial score (nSPS) is 18.0. The van der Waals surface area contributed by atoms with Crippen LogP contribution in [0.4, 0.5) is 10.2 Å². The van der Waals surface area contributed by atoms with Crippen molar-refractivity contribution < 1.29 is 4.39 Å². The van der Waals surface area contributed by atoms with Crippen molar-refractivity contribution in [3.63, 3.8) is 0 Å². The first-order chi connectivity index (χ1) is 12.3. The summed E-state index contributed by atoms with van der Waals surface area (Å²) in [4.78, 5) is 6.86. The van der Waals surface area contributed by atoms with E-state index >= 15 is 0 Å². The predicted molar refractivity (Wildman–Crippen MR) is 97.9 cm³/mol. The van der Waals surface area contributed by atoms with Crippen molar-refractivity contribution in [2.75, 3.05) is 24.5 Å². The number of halogens is 1. The van der Waals surface area contributed by atoms with Gasteiger partial charge in [-0.1, -0.05) is 18.2 Å². The Hall–Kier alpha value is -2.47. The minimum atomic E-state index is -0.350. The number of nitrogens with one attached hydrogen (secondary N) is 1. The summed E-state index contributed by atoms with van der Waals surface area (Å²) in [7, 11) is 0. The second-order valence-corrected chi connectivity index (χ2v) is 6.65. The standard InChI is InChI=1S/C19H22FN5/c20-15-7-8-17(25-11-3-4-13(12-25)9-10-21)22-19(15)18-14-5-1-2-6-16(14)23-24-18/h1-2,5-8,13H,3-4,9-12,21H2,(H,23,24). The second-order valence-electron chi connectivity index (χ2n) is 6.65. The lowest BCUT2D eigenvalue weighted by molar-refractivity contribution is 0.394. The molecule has 1 unspecified atom stereocenters. The van der Waals surface area contributed by atoms with Gasteiger partial charge < -0.3 is 10.6 Å². The molecule has 5 nitrogen and oxygen atoms in total. The van der Waals surface area contributed by atoms with Gasteiger partial charge in [0.1, 0.15) is 17.2 Å². The summed E-state index contributed by atoms with van der Waals surface area (Å²) in [6.45, 7) is 2.58. The molecule has 25 heavy (non-hydrogen) atoms. The number of hydrogen-bond donors (Lipinski definition) is 2. The van der Waals surface area contributed by atoms with Crippen LogP contribution in [0, 0.1) is 11.7 Å². The summed E-state index contributed by atoms with van der Waals surface area (Å²) in [5, 5.41) is 8.13. The van der Waals surface area contributed by atoms with Gasteiger partial charge in [0.25, 0.3) is 0 Å². The zero-order chi connectivity index (χ0) is 17.2. The number of piperidine rings is 1. The van der Waals surface area contributed by atoms with Crippen LogP contribution in [0.2, 0.25) is 0 Å². The molecule has 1 fully saturated rings. The summed E-state index contributed by atoms with van der Waals surface area (Å²) >= 11 is 0. The van der Waals surface area contributed by atoms with Crippen molar-refractivity contribution in [2.24, 2.45) is 11.7 Å². The number of para-hydroxylation sites is 1. The lowest BCUT2D eigenvalue weighted by Gasteiger charge is -2.33. The van der Waals surface area contributed by atoms with E-state index in [1.807, 2.05) is 24.3 Å². The second kappa shape index (κ2) is 6.80. The molecule has 6 heteroatoms. The molecule has 130 valence electrons. The molecule has 3 N–H and O–H groups in total. The van der Waals surface area contributed by atoms with E-state index in [1.165, 1.54) is 12.5 Å². The van der Waals surface area contributed by atoms with Gasteiger partial charge >= 0.3 is 0 Å². The van der Waals surface area contributed by atoms with Gasteiger partial charge in [0, 0.05) is 18.5 Å². The van der Waals surface area contributed by atoms with Gasteiger partial charge in [0.2, 0.25) is 0 Å². The summed E-state index contributed by atoms with van der Waals surface area (Å²) in [6.07, 6.45) is 3.34. The molecule has 3 aromatic rings. The van der Waals surface area contributed by atoms with E-state index in [0.717, 1.165) is 42.7 Å². The maximum atomic E-state index is 14.5. The molecular weight excluding hydrogens is 317 g/mol. The van der Waals surface area contributed by atoms with Crippen molar-refractivity contribution in [3.05, 3.63) is 42.2 Å². The van der Waals surface area contributed by atoms with Crippen molar-refractivity contribution in [1.29, 1.82) is 0 Å². The minimum absolute atomic E-state index is 0.302. The largest absolute Gasteiger partial charge is 0.356 e. The Bertz CT molecular complexity index is 873. The van der Waals surface area contributed by atoms with Crippen LogP contribution in [-0.4, -0.2) is 34.8 Å². The molecule has 3 heterocycles. The number of aromatic nitrogens is 3. The van der Waals surface area contributed by atoms with Gasteiger partial charge in [-0.3, -0.25) is 5.10 Å². The Morgan fingerprint density at radius 3 is 2.96 bits per heavy atom. The first-order valence-electron chi connectivity index (χ1n) is 8.81. The van der Waals surface area contributed by atoms with Crippen molar-refractivity contribution in [1.82, 2.24) is 15.2 Å². The topological polar surface area (TPSA) is 70.8 Å². The summed E-state index contributed by atoms with van der Waals surface area (Å²) in [6, 6.07) is 11.0. The first-order valence-corrected chi connectivity index (χ1v) is 8.81. The van der Waals surface area contributed by atoms with E-state index in [0.29, 0.717) is 23.9 Å². The molecule has 0 amide bonds. The Morgan fingerprint density at radius 1 is 1.20 bits per heavy atom. The minimum Gasteiger partial charge on any atom is -0.356 e. The summed E-state index contributed by atoms with van der Waals surface area (Å²) < 4.78 is 14.5. The highest BCUT2D eigenvalue weighted by Gasteiger charge is 2.22. The molecule has 2 aromatic heterocycles. The van der Waals surface area contributed by atoms with E-state index in [-0.39, 0.29) is 5.82 Å². The van der Waals surface area contributed by atoms with Crippen LogP contribution in [0.25, 0.3) is 22.3 Å². The highest BCUT2D eigenvalue weighted by atomic mass is 19.1. The van der Waals surface area contributed by atoms with Crippen molar-refractivity contribution >= 4 is 16.7 Å². The molecule has 0 spiro atoms. The molecule has 0 bridgehead atoms. The number of nitrogens with two attached hydrogens (primary N) is 1. The molecule has 0 saturated carbocycles. The third-order valence-electron chi connectivity index (χ3n) is 4.94. The maximum Gasteiger partial charge on any atom is 0.151 e. The Labute approximate surface area is 146 Å². The predicted octanol–water partition coefficient (Wildman–Crippen LogP) is 3.33. The van der Waals surface area contributed by atoms with Crippen LogP contribution in [0.5, 0.6) is 0 Å². The van der Waals surface area contributed by atoms with Gasteiger partial charge in [-0.15, -0.1) is 0 Å². The van der Waals surface area contributed by atoms with Gasteiger partial charge in [-0.25, -0.2) is 9.37 Å². The number of hydrogen-bond acceptors (Lipinski definition) is 4.